The van der Waals surface area contributed by atoms with Crippen LogP contribution in [0.3, 0.4) is 0 Å². The molecule has 0 N–H and O–H groups in total. The SMILES string of the molecule is CCCCCCCCS(=O)(=O)N1CCC(Oc2c(N3CCN(S(=O)(=O)Cc4ccccc4)CC3)cnn(-c3ccc(F)cc3)c2=O)CC1. The Morgan fingerprint density at radius 3 is 2.08 bits per heavy atom. The predicted molar refractivity (Wildman–Crippen MR) is 185 cm³/mol. The summed E-state index contributed by atoms with van der Waals surface area (Å²) < 4.78 is 76.5. The van der Waals surface area contributed by atoms with E-state index in [0.29, 0.717) is 62.4 Å². The van der Waals surface area contributed by atoms with Gasteiger partial charge in [-0.2, -0.15) is 14.1 Å². The molecule has 0 aliphatic carbocycles. The molecule has 2 fully saturated rings. The van der Waals surface area contributed by atoms with Crippen molar-refractivity contribution in [1.82, 2.24) is 18.4 Å². The van der Waals surface area contributed by atoms with Crippen LogP contribution in [-0.4, -0.2) is 86.4 Å². The fourth-order valence-electron chi connectivity index (χ4n) is 6.20. The second kappa shape index (κ2) is 16.4. The quantitative estimate of drug-likeness (QED) is 0.211. The number of piperazine rings is 1. The first-order valence-corrected chi connectivity index (χ1v) is 20.1. The molecule has 262 valence electrons. The van der Waals surface area contributed by atoms with Gasteiger partial charge in [-0.25, -0.2) is 25.5 Å². The monoisotopic (exact) mass is 703 g/mol. The number of piperidine rings is 1. The lowest BCUT2D eigenvalue weighted by Gasteiger charge is -2.36. The summed E-state index contributed by atoms with van der Waals surface area (Å²) in [6, 6.07) is 14.4. The molecule has 3 heterocycles. The van der Waals surface area contributed by atoms with Crippen LogP contribution >= 0.6 is 0 Å². The smallest absolute Gasteiger partial charge is 0.316 e. The summed E-state index contributed by atoms with van der Waals surface area (Å²) in [5.41, 5.74) is 0.990. The van der Waals surface area contributed by atoms with Crippen molar-refractivity contribution in [1.29, 1.82) is 0 Å². The molecule has 0 amide bonds. The van der Waals surface area contributed by atoms with Gasteiger partial charge in [0.15, 0.2) is 0 Å². The number of benzene rings is 2. The van der Waals surface area contributed by atoms with Crippen molar-refractivity contribution >= 4 is 25.7 Å². The van der Waals surface area contributed by atoms with E-state index in [1.807, 2.05) is 23.1 Å². The van der Waals surface area contributed by atoms with Crippen molar-refractivity contribution in [2.75, 3.05) is 49.9 Å². The van der Waals surface area contributed by atoms with E-state index in [-0.39, 0.29) is 30.3 Å². The third-order valence-corrected chi connectivity index (χ3v) is 12.8. The van der Waals surface area contributed by atoms with Gasteiger partial charge in [0.25, 0.3) is 0 Å². The normalized spacial score (nSPS) is 17.1. The molecule has 48 heavy (non-hydrogen) atoms. The van der Waals surface area contributed by atoms with E-state index < -0.39 is 37.5 Å². The second-order valence-corrected chi connectivity index (χ2v) is 16.5. The Hall–Kier alpha value is -3.33. The molecule has 0 unspecified atom stereocenters. The first-order chi connectivity index (χ1) is 23.1. The van der Waals surface area contributed by atoms with E-state index in [1.54, 1.807) is 12.1 Å². The highest BCUT2D eigenvalue weighted by molar-refractivity contribution is 7.89. The first kappa shape index (κ1) is 36.0. The van der Waals surface area contributed by atoms with Crippen molar-refractivity contribution in [3.8, 4) is 11.4 Å². The molecular formula is C34H46FN5O6S2. The molecule has 3 aromatic rings. The summed E-state index contributed by atoms with van der Waals surface area (Å²) in [5.74, 6) is -0.346. The summed E-state index contributed by atoms with van der Waals surface area (Å²) in [5, 5.41) is 4.37. The maximum absolute atomic E-state index is 13.9. The number of hydrogen-bond acceptors (Lipinski definition) is 8. The van der Waals surface area contributed by atoms with Crippen LogP contribution in [0.5, 0.6) is 5.75 Å². The number of halogens is 1. The number of aromatic nitrogens is 2. The first-order valence-electron chi connectivity index (χ1n) is 16.9. The average molecular weight is 704 g/mol. The Morgan fingerprint density at radius 1 is 0.792 bits per heavy atom. The fraction of sp³-hybridized carbons (Fsp3) is 0.529. The number of anilines is 1. The maximum Gasteiger partial charge on any atom is 0.316 e. The predicted octanol–water partition coefficient (Wildman–Crippen LogP) is 4.56. The van der Waals surface area contributed by atoms with Crippen molar-refractivity contribution in [2.45, 2.75) is 70.1 Å². The third kappa shape index (κ3) is 9.21. The van der Waals surface area contributed by atoms with Crippen molar-refractivity contribution < 1.29 is 26.0 Å². The van der Waals surface area contributed by atoms with Gasteiger partial charge in [0.05, 0.1) is 23.4 Å². The number of hydrogen-bond donors (Lipinski definition) is 0. The largest absolute Gasteiger partial charge is 0.483 e. The van der Waals surface area contributed by atoms with Crippen molar-refractivity contribution in [3.05, 3.63) is 82.5 Å². The molecule has 1 aromatic heterocycles. The van der Waals surface area contributed by atoms with Crippen molar-refractivity contribution in [2.24, 2.45) is 0 Å². The number of unbranched alkanes of at least 4 members (excludes halogenated alkanes) is 5. The minimum absolute atomic E-state index is 0.0586. The minimum atomic E-state index is -3.55. The van der Waals surface area contributed by atoms with Crippen LogP contribution in [0.15, 0.2) is 65.6 Å². The molecule has 2 aliphatic heterocycles. The molecule has 0 saturated carbocycles. The highest BCUT2D eigenvalue weighted by Crippen LogP contribution is 2.29. The number of ether oxygens (including phenoxy) is 1. The zero-order valence-electron chi connectivity index (χ0n) is 27.5. The lowest BCUT2D eigenvalue weighted by molar-refractivity contribution is 0.133. The third-order valence-electron chi connectivity index (χ3n) is 8.99. The zero-order valence-corrected chi connectivity index (χ0v) is 29.2. The van der Waals surface area contributed by atoms with Crippen LogP contribution in [0, 0.1) is 5.82 Å². The maximum atomic E-state index is 13.9. The van der Waals surface area contributed by atoms with Crippen LogP contribution in [0.4, 0.5) is 10.1 Å². The molecule has 5 rings (SSSR count). The van der Waals surface area contributed by atoms with Crippen LogP contribution in [-0.2, 0) is 25.8 Å². The Labute approximate surface area is 283 Å². The average Bonchev–Trinajstić information content (AvgIpc) is 3.08. The van der Waals surface area contributed by atoms with Gasteiger partial charge in [-0.05, 0) is 49.1 Å². The standard InChI is InChI=1S/C34H46FN5O6S2/c1-2-3-4-5-6-10-25-47(42,43)38-19-17-31(18-20-38)46-33-32(26-36-40(34(33)41)30-15-13-29(35)14-16-30)37-21-23-39(24-22-37)48(44,45)27-28-11-8-7-9-12-28/h7-9,11-16,26,31H,2-6,10,17-25,27H2,1H3. The minimum Gasteiger partial charge on any atom is -0.483 e. The van der Waals surface area contributed by atoms with Crippen LogP contribution in [0.1, 0.15) is 63.9 Å². The Balaban J connectivity index is 1.28. The topological polar surface area (TPSA) is 122 Å². The Morgan fingerprint density at radius 2 is 1.42 bits per heavy atom. The molecule has 0 spiro atoms. The van der Waals surface area contributed by atoms with Crippen LogP contribution < -0.4 is 15.2 Å². The molecule has 11 nitrogen and oxygen atoms in total. The molecule has 2 aromatic carbocycles. The van der Waals surface area contributed by atoms with Gasteiger partial charge >= 0.3 is 5.56 Å². The summed E-state index contributed by atoms with van der Waals surface area (Å²) in [7, 11) is -6.93. The molecule has 0 atom stereocenters. The second-order valence-electron chi connectivity index (χ2n) is 12.5. The molecular weight excluding hydrogens is 658 g/mol. The van der Waals surface area contributed by atoms with E-state index in [1.165, 1.54) is 45.5 Å². The lowest BCUT2D eigenvalue weighted by Crippen LogP contribution is -2.49. The van der Waals surface area contributed by atoms with E-state index in [9.17, 15) is 26.0 Å². The van der Waals surface area contributed by atoms with Gasteiger partial charge in [-0.1, -0.05) is 69.4 Å². The lowest BCUT2D eigenvalue weighted by atomic mass is 10.1. The van der Waals surface area contributed by atoms with E-state index in [4.69, 9.17) is 4.74 Å². The highest BCUT2D eigenvalue weighted by Gasteiger charge is 2.32. The summed E-state index contributed by atoms with van der Waals surface area (Å²) in [4.78, 5) is 15.8. The molecule has 0 bridgehead atoms. The summed E-state index contributed by atoms with van der Waals surface area (Å²) in [6.45, 7) is 3.84. The van der Waals surface area contributed by atoms with E-state index in [2.05, 4.69) is 12.0 Å². The molecule has 2 aliphatic rings. The zero-order chi connectivity index (χ0) is 34.1. The summed E-state index contributed by atoms with van der Waals surface area (Å²) in [6.07, 6.45) is 7.97. The number of sulfonamides is 2. The number of nitrogens with zero attached hydrogens (tertiary/aromatic N) is 5. The van der Waals surface area contributed by atoms with Gasteiger partial charge in [0.2, 0.25) is 25.8 Å². The number of rotatable bonds is 15. The summed E-state index contributed by atoms with van der Waals surface area (Å²) >= 11 is 0. The Bertz CT molecular complexity index is 1760. The van der Waals surface area contributed by atoms with Crippen molar-refractivity contribution in [3.63, 3.8) is 0 Å². The highest BCUT2D eigenvalue weighted by atomic mass is 32.2. The van der Waals surface area contributed by atoms with Crippen LogP contribution in [0.25, 0.3) is 5.69 Å². The fourth-order valence-corrected chi connectivity index (χ4v) is 9.31. The van der Waals surface area contributed by atoms with Gasteiger partial charge < -0.3 is 9.64 Å². The van der Waals surface area contributed by atoms with Crippen LogP contribution in [0.2, 0.25) is 0 Å². The molecule has 14 heteroatoms. The van der Waals surface area contributed by atoms with Gasteiger partial charge in [-0.15, -0.1) is 0 Å². The van der Waals surface area contributed by atoms with Gasteiger partial charge in [0.1, 0.15) is 17.6 Å². The molecule has 0 radical (unpaired) electrons. The van der Waals surface area contributed by atoms with Gasteiger partial charge in [0, 0.05) is 39.3 Å². The van der Waals surface area contributed by atoms with E-state index in [0.717, 1.165) is 30.4 Å². The van der Waals surface area contributed by atoms with Gasteiger partial charge in [-0.3, -0.25) is 4.79 Å². The van der Waals surface area contributed by atoms with E-state index >= 15 is 0 Å². The molecule has 2 saturated heterocycles. The Kier molecular flexibility index (Phi) is 12.3.